The molecular weight excluding hydrogens is 370 g/mol. The number of piperidine rings is 1. The Balaban J connectivity index is 1.74. The van der Waals surface area contributed by atoms with Crippen LogP contribution in [0.3, 0.4) is 0 Å². The van der Waals surface area contributed by atoms with E-state index in [4.69, 9.17) is 0 Å². The number of hydrogen-bond donors (Lipinski definition) is 2. The number of rotatable bonds is 2. The van der Waals surface area contributed by atoms with Gasteiger partial charge in [0, 0.05) is 34.9 Å². The Bertz CT molecular complexity index is 798. The fourth-order valence-electron chi connectivity index (χ4n) is 3.97. The second-order valence-corrected chi connectivity index (χ2v) is 7.40. The Labute approximate surface area is 149 Å². The van der Waals surface area contributed by atoms with Crippen molar-refractivity contribution in [3.8, 4) is 11.8 Å². The molecule has 1 fully saturated rings. The van der Waals surface area contributed by atoms with Gasteiger partial charge in [0.1, 0.15) is 0 Å². The van der Waals surface area contributed by atoms with Crippen molar-refractivity contribution in [3.05, 3.63) is 45.7 Å². The second kappa shape index (κ2) is 5.93. The molecule has 6 heteroatoms. The van der Waals surface area contributed by atoms with Crippen molar-refractivity contribution in [2.75, 3.05) is 6.54 Å². The minimum atomic E-state index is -0.0251. The van der Waals surface area contributed by atoms with E-state index in [2.05, 4.69) is 31.9 Å². The Hall–Kier alpha value is -1.79. The van der Waals surface area contributed by atoms with E-state index in [1.807, 2.05) is 18.2 Å². The topological polar surface area (TPSA) is 61.5 Å². The van der Waals surface area contributed by atoms with Crippen LogP contribution < -0.4 is 0 Å². The van der Waals surface area contributed by atoms with Crippen LogP contribution in [0.25, 0.3) is 6.08 Å². The summed E-state index contributed by atoms with van der Waals surface area (Å²) in [6, 6.07) is 4.07. The summed E-state index contributed by atoms with van der Waals surface area (Å²) in [5.41, 5.74) is 2.61. The maximum Gasteiger partial charge on any atom is 0.199 e. The maximum atomic E-state index is 10.5. The third-order valence-electron chi connectivity index (χ3n) is 5.14. The molecule has 5 nitrogen and oxygen atoms in total. The van der Waals surface area contributed by atoms with Gasteiger partial charge in [0.05, 0.1) is 11.7 Å². The molecule has 0 radical (unpaired) electrons. The molecule has 1 saturated heterocycles. The van der Waals surface area contributed by atoms with E-state index < -0.39 is 0 Å². The molecule has 4 rings (SSSR count). The molecule has 0 saturated carbocycles. The van der Waals surface area contributed by atoms with Crippen molar-refractivity contribution in [3.63, 3.8) is 0 Å². The normalized spacial score (nSPS) is 23.6. The Kier molecular flexibility index (Phi) is 3.89. The van der Waals surface area contributed by atoms with Gasteiger partial charge in [-0.2, -0.15) is 0 Å². The third kappa shape index (κ3) is 2.36. The van der Waals surface area contributed by atoms with Gasteiger partial charge in [0.25, 0.3) is 0 Å². The first kappa shape index (κ1) is 15.7. The molecule has 2 aliphatic rings. The van der Waals surface area contributed by atoms with Gasteiger partial charge < -0.3 is 10.2 Å². The predicted octanol–water partition coefficient (Wildman–Crippen LogP) is 3.89. The summed E-state index contributed by atoms with van der Waals surface area (Å²) in [5, 5.41) is 21.0. The summed E-state index contributed by atoms with van der Waals surface area (Å²) in [6.45, 7) is 0.977. The predicted molar refractivity (Wildman–Crippen MR) is 95.8 cm³/mol. The van der Waals surface area contributed by atoms with Crippen LogP contribution in [0.1, 0.15) is 48.2 Å². The molecule has 2 aliphatic heterocycles. The molecule has 126 valence electrons. The minimum absolute atomic E-state index is 0.0251. The molecule has 4 heterocycles. The molecule has 2 aromatic heterocycles. The Morgan fingerprint density at radius 3 is 2.75 bits per heavy atom. The molecule has 2 aromatic rings. The van der Waals surface area contributed by atoms with Crippen LogP contribution in [0.2, 0.25) is 0 Å². The zero-order chi connectivity index (χ0) is 16.8. The Morgan fingerprint density at radius 1 is 1.21 bits per heavy atom. The fourth-order valence-corrected chi connectivity index (χ4v) is 4.20. The third-order valence-corrected chi connectivity index (χ3v) is 5.61. The summed E-state index contributed by atoms with van der Waals surface area (Å²) < 4.78 is 2.43. The molecule has 24 heavy (non-hydrogen) atoms. The molecular formula is C18H20BrN3O2. The number of hydrogen-bond acceptors (Lipinski definition) is 4. The van der Waals surface area contributed by atoms with Crippen molar-refractivity contribution in [2.24, 2.45) is 7.05 Å². The van der Waals surface area contributed by atoms with Crippen LogP contribution in [0.15, 0.2) is 28.9 Å². The van der Waals surface area contributed by atoms with Crippen molar-refractivity contribution in [1.82, 2.24) is 14.5 Å². The van der Waals surface area contributed by atoms with Gasteiger partial charge in [-0.25, -0.2) is 0 Å². The van der Waals surface area contributed by atoms with E-state index in [1.165, 1.54) is 4.57 Å². The number of pyridine rings is 1. The molecule has 0 unspecified atom stereocenters. The molecule has 0 aliphatic carbocycles. The summed E-state index contributed by atoms with van der Waals surface area (Å²) in [7, 11) is 1.70. The lowest BCUT2D eigenvalue weighted by Crippen LogP contribution is -2.30. The lowest BCUT2D eigenvalue weighted by molar-refractivity contribution is 0.138. The highest BCUT2D eigenvalue weighted by molar-refractivity contribution is 9.10. The number of halogens is 1. The average Bonchev–Trinajstić information content (AvgIpc) is 3.04. The number of nitrogens with zero attached hydrogens (tertiary/aromatic N) is 3. The second-order valence-electron chi connectivity index (χ2n) is 6.49. The van der Waals surface area contributed by atoms with Crippen LogP contribution in [0.4, 0.5) is 0 Å². The highest BCUT2D eigenvalue weighted by atomic mass is 79.9. The monoisotopic (exact) mass is 389 g/mol. The number of aromatic hydroxyl groups is 2. The van der Waals surface area contributed by atoms with Crippen LogP contribution in [0.5, 0.6) is 11.8 Å². The van der Waals surface area contributed by atoms with Gasteiger partial charge in [-0.3, -0.25) is 14.5 Å². The first-order valence-corrected chi connectivity index (χ1v) is 9.03. The summed E-state index contributed by atoms with van der Waals surface area (Å²) >= 11 is 3.39. The van der Waals surface area contributed by atoms with Crippen LogP contribution in [0, 0.1) is 0 Å². The van der Waals surface area contributed by atoms with Gasteiger partial charge >= 0.3 is 0 Å². The zero-order valence-corrected chi connectivity index (χ0v) is 15.1. The van der Waals surface area contributed by atoms with E-state index in [1.54, 1.807) is 13.2 Å². The summed E-state index contributed by atoms with van der Waals surface area (Å²) in [6.07, 6.45) is 9.16. The van der Waals surface area contributed by atoms with Crippen molar-refractivity contribution in [1.29, 1.82) is 0 Å². The van der Waals surface area contributed by atoms with Gasteiger partial charge in [0.15, 0.2) is 11.8 Å². The van der Waals surface area contributed by atoms with Gasteiger partial charge in [-0.1, -0.05) is 12.5 Å². The molecule has 0 spiro atoms. The number of aromatic nitrogens is 2. The SMILES string of the molecule is Cn1c(O)c2c(c1O)[C@@H]1CCCCN1[C@H]2/C=C/c1ccc(Br)cn1. The molecule has 2 N–H and O–H groups in total. The summed E-state index contributed by atoms with van der Waals surface area (Å²) in [5.74, 6) is 0.354. The van der Waals surface area contributed by atoms with Crippen LogP contribution in [-0.4, -0.2) is 31.2 Å². The zero-order valence-electron chi connectivity index (χ0n) is 13.5. The van der Waals surface area contributed by atoms with Crippen molar-refractivity contribution >= 4 is 22.0 Å². The first-order valence-electron chi connectivity index (χ1n) is 8.24. The molecule has 0 bridgehead atoms. The van der Waals surface area contributed by atoms with Gasteiger partial charge in [-0.15, -0.1) is 0 Å². The van der Waals surface area contributed by atoms with Crippen LogP contribution in [-0.2, 0) is 7.05 Å². The Morgan fingerprint density at radius 2 is 2.00 bits per heavy atom. The van der Waals surface area contributed by atoms with E-state index in [0.29, 0.717) is 0 Å². The first-order chi connectivity index (χ1) is 11.6. The standard InChI is InChI=1S/C18H20BrN3O2/c1-21-17(23)15-13-4-2-3-9-22(13)14(16(15)18(21)24)8-7-12-6-5-11(19)10-20-12/h5-8,10,13-14,23-24H,2-4,9H2,1H3/b8-7+/t13-,14-/m0/s1. The largest absolute Gasteiger partial charge is 0.494 e. The molecule has 0 amide bonds. The summed E-state index contributed by atoms with van der Waals surface area (Å²) in [4.78, 5) is 6.75. The fraction of sp³-hybridized carbons (Fsp3) is 0.389. The average molecular weight is 390 g/mol. The van der Waals surface area contributed by atoms with Crippen molar-refractivity contribution < 1.29 is 10.2 Å². The van der Waals surface area contributed by atoms with Crippen LogP contribution >= 0.6 is 15.9 Å². The maximum absolute atomic E-state index is 10.5. The lowest BCUT2D eigenvalue weighted by atomic mass is 9.99. The van der Waals surface area contributed by atoms with Crippen molar-refractivity contribution in [2.45, 2.75) is 31.3 Å². The van der Waals surface area contributed by atoms with E-state index >= 15 is 0 Å². The van der Waals surface area contributed by atoms with E-state index in [0.717, 1.165) is 47.1 Å². The highest BCUT2D eigenvalue weighted by Crippen LogP contribution is 2.54. The van der Waals surface area contributed by atoms with Gasteiger partial charge in [0.2, 0.25) is 0 Å². The minimum Gasteiger partial charge on any atom is -0.494 e. The molecule has 0 aromatic carbocycles. The molecule has 2 atom stereocenters. The quantitative estimate of drug-likeness (QED) is 0.817. The van der Waals surface area contributed by atoms with Gasteiger partial charge in [-0.05, 0) is 53.5 Å². The number of fused-ring (bicyclic) bond motifs is 3. The van der Waals surface area contributed by atoms with E-state index in [-0.39, 0.29) is 23.8 Å². The van der Waals surface area contributed by atoms with E-state index in [9.17, 15) is 10.2 Å². The highest BCUT2D eigenvalue weighted by Gasteiger charge is 2.44. The lowest BCUT2D eigenvalue weighted by Gasteiger charge is -2.33. The smallest absolute Gasteiger partial charge is 0.199 e.